The van der Waals surface area contributed by atoms with Crippen molar-refractivity contribution in [3.8, 4) is 0 Å². The molecule has 2 amide bonds. The SMILES string of the molecule is CN=C(NCCN1C(=O)C2C3C=CC(C3)C2C1=O)NCC1(N2CCOCC2)CCCCC1.I. The first kappa shape index (κ1) is 24.9. The maximum Gasteiger partial charge on any atom is 0.233 e. The van der Waals surface area contributed by atoms with Crippen molar-refractivity contribution in [2.24, 2.45) is 28.7 Å². The lowest BCUT2D eigenvalue weighted by Gasteiger charge is -2.48. The van der Waals surface area contributed by atoms with Gasteiger partial charge in [0.25, 0.3) is 0 Å². The van der Waals surface area contributed by atoms with E-state index in [1.807, 2.05) is 0 Å². The van der Waals surface area contributed by atoms with E-state index >= 15 is 0 Å². The van der Waals surface area contributed by atoms with Crippen molar-refractivity contribution in [1.82, 2.24) is 20.4 Å². The van der Waals surface area contributed by atoms with Gasteiger partial charge in [-0.2, -0.15) is 0 Å². The van der Waals surface area contributed by atoms with Crippen molar-refractivity contribution in [1.29, 1.82) is 0 Å². The number of ether oxygens (including phenoxy) is 1. The van der Waals surface area contributed by atoms with Crippen LogP contribution >= 0.6 is 24.0 Å². The van der Waals surface area contributed by atoms with Crippen LogP contribution in [0.15, 0.2) is 17.1 Å². The summed E-state index contributed by atoms with van der Waals surface area (Å²) in [7, 11) is 1.78. The molecule has 4 atom stereocenters. The average molecular weight is 572 g/mol. The van der Waals surface area contributed by atoms with Crippen LogP contribution in [0.5, 0.6) is 0 Å². The van der Waals surface area contributed by atoms with Gasteiger partial charge in [0.15, 0.2) is 5.96 Å². The number of guanidine groups is 1. The Labute approximate surface area is 214 Å². The summed E-state index contributed by atoms with van der Waals surface area (Å²) in [4.78, 5) is 34.2. The van der Waals surface area contributed by atoms with Crippen LogP contribution in [0.3, 0.4) is 0 Å². The molecule has 2 saturated heterocycles. The molecule has 5 rings (SSSR count). The molecule has 0 radical (unpaired) electrons. The Balaban J connectivity index is 0.00000259. The molecular formula is C24H38IN5O3. The highest BCUT2D eigenvalue weighted by Gasteiger charge is 2.58. The van der Waals surface area contributed by atoms with Gasteiger partial charge in [0.2, 0.25) is 11.8 Å². The fourth-order valence-electron chi connectivity index (χ4n) is 6.79. The molecule has 0 aromatic carbocycles. The lowest BCUT2D eigenvalue weighted by molar-refractivity contribution is -0.140. The van der Waals surface area contributed by atoms with E-state index in [1.54, 1.807) is 7.05 Å². The van der Waals surface area contributed by atoms with Crippen LogP contribution in [-0.4, -0.2) is 86.1 Å². The van der Waals surface area contributed by atoms with Crippen molar-refractivity contribution in [2.75, 3.05) is 53.0 Å². The predicted molar refractivity (Wildman–Crippen MR) is 137 cm³/mol. The lowest BCUT2D eigenvalue weighted by Crippen LogP contribution is -2.60. The number of allylic oxidation sites excluding steroid dienone is 2. The van der Waals surface area contributed by atoms with Crippen LogP contribution < -0.4 is 10.6 Å². The maximum absolute atomic E-state index is 12.9. The van der Waals surface area contributed by atoms with E-state index in [9.17, 15) is 9.59 Å². The first-order valence-electron chi connectivity index (χ1n) is 12.4. The average Bonchev–Trinajstić information content (AvgIpc) is 3.52. The van der Waals surface area contributed by atoms with E-state index in [0.29, 0.717) is 13.1 Å². The first-order valence-corrected chi connectivity index (χ1v) is 12.4. The molecule has 33 heavy (non-hydrogen) atoms. The van der Waals surface area contributed by atoms with Gasteiger partial charge < -0.3 is 15.4 Å². The number of fused-ring (bicyclic) bond motifs is 5. The summed E-state index contributed by atoms with van der Waals surface area (Å²) in [6.45, 7) is 5.38. The predicted octanol–water partition coefficient (Wildman–Crippen LogP) is 1.61. The second-order valence-electron chi connectivity index (χ2n) is 10.1. The van der Waals surface area contributed by atoms with Crippen LogP contribution in [0, 0.1) is 23.7 Å². The van der Waals surface area contributed by atoms with Gasteiger partial charge in [-0.1, -0.05) is 31.4 Å². The molecule has 0 spiro atoms. The lowest BCUT2D eigenvalue weighted by atomic mass is 9.80. The molecule has 4 unspecified atom stereocenters. The van der Waals surface area contributed by atoms with Gasteiger partial charge in [-0.15, -0.1) is 24.0 Å². The number of carbonyl (C=O) groups excluding carboxylic acids is 2. The minimum atomic E-state index is -0.116. The Morgan fingerprint density at radius 1 is 1.06 bits per heavy atom. The molecule has 3 aliphatic carbocycles. The third-order valence-electron chi connectivity index (χ3n) is 8.46. The first-order chi connectivity index (χ1) is 15.6. The number of nitrogens with one attached hydrogen (secondary N) is 2. The van der Waals surface area contributed by atoms with Crippen molar-refractivity contribution in [3.05, 3.63) is 12.2 Å². The summed E-state index contributed by atoms with van der Waals surface area (Å²) in [5.41, 5.74) is 0.157. The molecule has 0 aromatic heterocycles. The second-order valence-corrected chi connectivity index (χ2v) is 10.1. The third-order valence-corrected chi connectivity index (χ3v) is 8.46. The maximum atomic E-state index is 12.9. The van der Waals surface area contributed by atoms with E-state index in [2.05, 4.69) is 32.7 Å². The minimum absolute atomic E-state index is 0. The fraction of sp³-hybridized carbons (Fsp3) is 0.792. The molecule has 9 heteroatoms. The topological polar surface area (TPSA) is 86.3 Å². The Morgan fingerprint density at radius 3 is 2.30 bits per heavy atom. The van der Waals surface area contributed by atoms with E-state index in [0.717, 1.165) is 45.2 Å². The van der Waals surface area contributed by atoms with Gasteiger partial charge in [-0.05, 0) is 31.1 Å². The van der Waals surface area contributed by atoms with Gasteiger partial charge in [0.1, 0.15) is 0 Å². The molecule has 2 saturated carbocycles. The van der Waals surface area contributed by atoms with E-state index in [4.69, 9.17) is 4.74 Å². The number of amides is 2. The molecule has 8 nitrogen and oxygen atoms in total. The number of morpholine rings is 1. The smallest absolute Gasteiger partial charge is 0.233 e. The van der Waals surface area contributed by atoms with E-state index in [-0.39, 0.29) is 65.0 Å². The van der Waals surface area contributed by atoms with Gasteiger partial charge in [-0.3, -0.25) is 24.4 Å². The number of nitrogens with zero attached hydrogens (tertiary/aromatic N) is 3. The Bertz CT molecular complexity index is 761. The van der Waals surface area contributed by atoms with Crippen molar-refractivity contribution in [2.45, 2.75) is 44.1 Å². The second kappa shape index (κ2) is 10.6. The molecule has 0 aromatic rings. The highest BCUT2D eigenvalue weighted by atomic mass is 127. The Hall–Kier alpha value is -1.20. The van der Waals surface area contributed by atoms with Crippen molar-refractivity contribution < 1.29 is 14.3 Å². The number of hydrogen-bond acceptors (Lipinski definition) is 5. The number of imide groups is 1. The number of likely N-dealkylation sites (tertiary alicyclic amines) is 1. The Kier molecular flexibility index (Phi) is 8.00. The quantitative estimate of drug-likeness (QED) is 0.166. The number of aliphatic imine (C=N–C) groups is 1. The number of hydrogen-bond donors (Lipinski definition) is 2. The standard InChI is InChI=1S/C24H37N5O3.HI/c1-25-23(27-16-24(7-3-2-4-8-24)28-11-13-32-14-12-28)26-9-10-29-21(30)19-17-5-6-18(15-17)20(19)22(29)31;/h5-6,17-20H,2-4,7-16H2,1H3,(H2,25,26,27);1H. The zero-order chi connectivity index (χ0) is 22.1. The largest absolute Gasteiger partial charge is 0.379 e. The highest BCUT2D eigenvalue weighted by molar-refractivity contribution is 14.0. The van der Waals surface area contributed by atoms with Crippen molar-refractivity contribution >= 4 is 41.8 Å². The van der Waals surface area contributed by atoms with Crippen LogP contribution in [0.25, 0.3) is 0 Å². The van der Waals surface area contributed by atoms with E-state index < -0.39 is 0 Å². The minimum Gasteiger partial charge on any atom is -0.379 e. The van der Waals surface area contributed by atoms with E-state index in [1.165, 1.54) is 37.0 Å². The van der Waals surface area contributed by atoms with Crippen molar-refractivity contribution in [3.63, 3.8) is 0 Å². The zero-order valence-electron chi connectivity index (χ0n) is 19.6. The summed E-state index contributed by atoms with van der Waals surface area (Å²) in [5.74, 6) is 1.08. The molecule has 2 N–H and O–H groups in total. The third kappa shape index (κ3) is 4.69. The zero-order valence-corrected chi connectivity index (χ0v) is 22.0. The molecule has 5 aliphatic rings. The van der Waals surface area contributed by atoms with Gasteiger partial charge in [0.05, 0.1) is 25.0 Å². The van der Waals surface area contributed by atoms with Crippen LogP contribution in [-0.2, 0) is 14.3 Å². The normalized spacial score (nSPS) is 33.2. The Morgan fingerprint density at radius 2 is 1.70 bits per heavy atom. The molecule has 184 valence electrons. The summed E-state index contributed by atoms with van der Waals surface area (Å²) >= 11 is 0. The summed E-state index contributed by atoms with van der Waals surface area (Å²) in [6, 6.07) is 0. The van der Waals surface area contributed by atoms with Crippen LogP contribution in [0.4, 0.5) is 0 Å². The monoisotopic (exact) mass is 571 g/mol. The summed E-state index contributed by atoms with van der Waals surface area (Å²) in [6.07, 6.45) is 11.5. The highest BCUT2D eigenvalue weighted by Crippen LogP contribution is 2.52. The molecule has 2 heterocycles. The molecule has 2 bridgehead atoms. The summed E-state index contributed by atoms with van der Waals surface area (Å²) < 4.78 is 5.58. The van der Waals surface area contributed by atoms with Gasteiger partial charge >= 0.3 is 0 Å². The number of rotatable bonds is 6. The molecular weight excluding hydrogens is 533 g/mol. The summed E-state index contributed by atoms with van der Waals surface area (Å²) in [5, 5.41) is 6.88. The van der Waals surface area contributed by atoms with Gasteiger partial charge in [0, 0.05) is 45.3 Å². The van der Waals surface area contributed by atoms with Crippen LogP contribution in [0.2, 0.25) is 0 Å². The number of halogens is 1. The van der Waals surface area contributed by atoms with Gasteiger partial charge in [-0.25, -0.2) is 0 Å². The van der Waals surface area contributed by atoms with Crippen LogP contribution in [0.1, 0.15) is 38.5 Å². The fourth-order valence-corrected chi connectivity index (χ4v) is 6.79. The molecule has 4 fully saturated rings. The molecule has 2 aliphatic heterocycles. The number of carbonyl (C=O) groups is 2.